The minimum atomic E-state index is -0.0768. The molecule has 1 aromatic rings. The largest absolute Gasteiger partial charge is 0.490 e. The molecule has 4 nitrogen and oxygen atoms in total. The first-order valence-electron chi connectivity index (χ1n) is 7.76. The number of carbonyl (C=O) groups is 1. The molecule has 4 heteroatoms. The Kier molecular flexibility index (Phi) is 7.65. The second kappa shape index (κ2) is 9.27. The lowest BCUT2D eigenvalue weighted by atomic mass is 10.1. The number of amides is 1. The van der Waals surface area contributed by atoms with Crippen molar-refractivity contribution in [3.63, 3.8) is 0 Å². The molecule has 1 amide bonds. The van der Waals surface area contributed by atoms with Gasteiger partial charge in [-0.2, -0.15) is 0 Å². The zero-order chi connectivity index (χ0) is 15.7. The van der Waals surface area contributed by atoms with Gasteiger partial charge in [0.15, 0.2) is 11.5 Å². The highest BCUT2D eigenvalue weighted by atomic mass is 16.5. The fourth-order valence-electron chi connectivity index (χ4n) is 1.70. The molecule has 0 bridgehead atoms. The Bertz CT molecular complexity index is 444. The van der Waals surface area contributed by atoms with Crippen LogP contribution in [0.1, 0.15) is 50.9 Å². The van der Waals surface area contributed by atoms with Gasteiger partial charge in [0, 0.05) is 12.1 Å². The summed E-state index contributed by atoms with van der Waals surface area (Å²) in [5.74, 6) is 1.69. The maximum atomic E-state index is 12.1. The molecule has 0 heterocycles. The van der Waals surface area contributed by atoms with Crippen LogP contribution in [0.2, 0.25) is 0 Å². The second-order valence-electron chi connectivity index (χ2n) is 5.46. The molecule has 0 saturated carbocycles. The Morgan fingerprint density at radius 3 is 2.29 bits per heavy atom. The zero-order valence-corrected chi connectivity index (χ0v) is 13.6. The van der Waals surface area contributed by atoms with Crippen LogP contribution in [-0.4, -0.2) is 25.7 Å². The van der Waals surface area contributed by atoms with Crippen molar-refractivity contribution in [2.24, 2.45) is 5.92 Å². The number of hydrogen-bond donors (Lipinski definition) is 1. The highest BCUT2D eigenvalue weighted by molar-refractivity contribution is 5.94. The van der Waals surface area contributed by atoms with Crippen molar-refractivity contribution >= 4 is 5.91 Å². The van der Waals surface area contributed by atoms with Gasteiger partial charge < -0.3 is 14.8 Å². The third-order valence-electron chi connectivity index (χ3n) is 2.80. The van der Waals surface area contributed by atoms with Crippen molar-refractivity contribution in [1.29, 1.82) is 0 Å². The summed E-state index contributed by atoms with van der Waals surface area (Å²) in [6.45, 7) is 10.2. The molecule has 1 N–H and O–H groups in total. The van der Waals surface area contributed by atoms with E-state index < -0.39 is 0 Å². The lowest BCUT2D eigenvalue weighted by Gasteiger charge is -2.14. The number of hydrogen-bond acceptors (Lipinski definition) is 3. The van der Waals surface area contributed by atoms with Crippen LogP contribution < -0.4 is 14.8 Å². The van der Waals surface area contributed by atoms with Crippen LogP contribution in [0.4, 0.5) is 0 Å². The van der Waals surface area contributed by atoms with E-state index in [2.05, 4.69) is 26.1 Å². The third-order valence-corrected chi connectivity index (χ3v) is 2.80. The highest BCUT2D eigenvalue weighted by Gasteiger charge is 2.12. The first kappa shape index (κ1) is 17.3. The van der Waals surface area contributed by atoms with Gasteiger partial charge in [0.25, 0.3) is 5.91 Å². The van der Waals surface area contributed by atoms with Gasteiger partial charge in [0.2, 0.25) is 0 Å². The second-order valence-corrected chi connectivity index (χ2v) is 5.46. The topological polar surface area (TPSA) is 47.6 Å². The summed E-state index contributed by atoms with van der Waals surface area (Å²) in [4.78, 5) is 12.1. The zero-order valence-electron chi connectivity index (χ0n) is 13.6. The molecule has 0 aromatic heterocycles. The van der Waals surface area contributed by atoms with Crippen LogP contribution >= 0.6 is 0 Å². The normalized spacial score (nSPS) is 10.5. The first-order valence-corrected chi connectivity index (χ1v) is 7.76. The first-order chi connectivity index (χ1) is 10.1. The van der Waals surface area contributed by atoms with E-state index in [1.165, 1.54) is 0 Å². The van der Waals surface area contributed by atoms with E-state index in [9.17, 15) is 4.79 Å². The van der Waals surface area contributed by atoms with E-state index in [0.29, 0.717) is 42.7 Å². The van der Waals surface area contributed by atoms with E-state index in [1.54, 1.807) is 12.1 Å². The Balaban J connectivity index is 2.83. The molecule has 118 valence electrons. The average molecular weight is 293 g/mol. The summed E-state index contributed by atoms with van der Waals surface area (Å²) >= 11 is 0. The summed E-state index contributed by atoms with van der Waals surface area (Å²) in [6, 6.07) is 5.35. The van der Waals surface area contributed by atoms with E-state index >= 15 is 0 Å². The lowest BCUT2D eigenvalue weighted by Crippen LogP contribution is -2.27. The summed E-state index contributed by atoms with van der Waals surface area (Å²) in [5.41, 5.74) is 0.602. The summed E-state index contributed by atoms with van der Waals surface area (Å²) in [5, 5.41) is 2.91. The number of benzene rings is 1. The van der Waals surface area contributed by atoms with Gasteiger partial charge in [-0.15, -0.1) is 0 Å². The molecule has 0 unspecified atom stereocenters. The molecule has 21 heavy (non-hydrogen) atoms. The van der Waals surface area contributed by atoms with Crippen LogP contribution in [-0.2, 0) is 0 Å². The molecule has 0 aliphatic heterocycles. The molecule has 0 aliphatic carbocycles. The molecule has 1 aromatic carbocycles. The van der Waals surface area contributed by atoms with Gasteiger partial charge in [-0.05, 0) is 37.0 Å². The minimum Gasteiger partial charge on any atom is -0.490 e. The average Bonchev–Trinajstić information content (AvgIpc) is 2.48. The van der Waals surface area contributed by atoms with E-state index in [1.807, 2.05) is 13.0 Å². The highest BCUT2D eigenvalue weighted by Crippen LogP contribution is 2.28. The number of carbonyl (C=O) groups excluding carboxylic acids is 1. The van der Waals surface area contributed by atoms with Gasteiger partial charge in [-0.1, -0.05) is 27.7 Å². The summed E-state index contributed by atoms with van der Waals surface area (Å²) < 4.78 is 11.4. The third kappa shape index (κ3) is 6.06. The Labute approximate surface area is 127 Å². The van der Waals surface area contributed by atoms with Crippen molar-refractivity contribution in [1.82, 2.24) is 5.32 Å². The molecule has 0 atom stereocenters. The molecular formula is C17H27NO3. The molecular weight excluding hydrogens is 266 g/mol. The van der Waals surface area contributed by atoms with Gasteiger partial charge in [-0.3, -0.25) is 4.79 Å². The van der Waals surface area contributed by atoms with E-state index in [0.717, 1.165) is 12.8 Å². The van der Waals surface area contributed by atoms with Crippen molar-refractivity contribution in [3.05, 3.63) is 23.8 Å². The monoisotopic (exact) mass is 293 g/mol. The van der Waals surface area contributed by atoms with Crippen LogP contribution in [0, 0.1) is 5.92 Å². The van der Waals surface area contributed by atoms with Crippen molar-refractivity contribution < 1.29 is 14.3 Å². The smallest absolute Gasteiger partial charge is 0.251 e. The minimum absolute atomic E-state index is 0.0768. The Morgan fingerprint density at radius 1 is 1.10 bits per heavy atom. The molecule has 0 spiro atoms. The molecule has 0 saturated heterocycles. The van der Waals surface area contributed by atoms with Crippen molar-refractivity contribution in [2.75, 3.05) is 19.8 Å². The Hall–Kier alpha value is -1.71. The van der Waals surface area contributed by atoms with Crippen LogP contribution in [0.15, 0.2) is 18.2 Å². The number of rotatable bonds is 9. The summed E-state index contributed by atoms with van der Waals surface area (Å²) in [6.07, 6.45) is 1.85. The molecule has 0 fully saturated rings. The van der Waals surface area contributed by atoms with E-state index in [4.69, 9.17) is 9.47 Å². The van der Waals surface area contributed by atoms with Crippen molar-refractivity contribution in [3.8, 4) is 11.5 Å². The van der Waals surface area contributed by atoms with Crippen molar-refractivity contribution in [2.45, 2.75) is 40.5 Å². The number of nitrogens with one attached hydrogen (secondary N) is 1. The quantitative estimate of drug-likeness (QED) is 0.756. The van der Waals surface area contributed by atoms with Crippen LogP contribution in [0.3, 0.4) is 0 Å². The summed E-state index contributed by atoms with van der Waals surface area (Å²) in [7, 11) is 0. The van der Waals surface area contributed by atoms with Gasteiger partial charge in [0.1, 0.15) is 0 Å². The fraction of sp³-hybridized carbons (Fsp3) is 0.588. The van der Waals surface area contributed by atoms with Gasteiger partial charge in [0.05, 0.1) is 13.2 Å². The van der Waals surface area contributed by atoms with E-state index in [-0.39, 0.29) is 5.91 Å². The molecule has 1 rings (SSSR count). The predicted molar refractivity (Wildman–Crippen MR) is 85.2 cm³/mol. The predicted octanol–water partition coefficient (Wildman–Crippen LogP) is 3.65. The van der Waals surface area contributed by atoms with Crippen LogP contribution in [0.5, 0.6) is 11.5 Å². The lowest BCUT2D eigenvalue weighted by molar-refractivity contribution is 0.0948. The standard InChI is InChI=1S/C17H27NO3/c1-5-9-20-15-8-7-14(11-16(15)21-10-6-2)17(19)18-12-13(3)4/h7-8,11,13H,5-6,9-10,12H2,1-4H3,(H,18,19). The van der Waals surface area contributed by atoms with Gasteiger partial charge >= 0.3 is 0 Å². The fourth-order valence-corrected chi connectivity index (χ4v) is 1.70. The SMILES string of the molecule is CCCOc1ccc(C(=O)NCC(C)C)cc1OCCC. The van der Waals surface area contributed by atoms with Gasteiger partial charge in [-0.25, -0.2) is 0 Å². The molecule has 0 radical (unpaired) electrons. The number of ether oxygens (including phenoxy) is 2. The maximum Gasteiger partial charge on any atom is 0.251 e. The Morgan fingerprint density at radius 2 is 1.71 bits per heavy atom. The molecule has 0 aliphatic rings. The maximum absolute atomic E-state index is 12.1. The van der Waals surface area contributed by atoms with Crippen LogP contribution in [0.25, 0.3) is 0 Å².